The maximum absolute atomic E-state index is 12.8. The third-order valence-electron chi connectivity index (χ3n) is 4.80. The van der Waals surface area contributed by atoms with Gasteiger partial charge in [0.05, 0.1) is 0 Å². The van der Waals surface area contributed by atoms with E-state index in [1.54, 1.807) is 4.90 Å². The number of benzene rings is 2. The lowest BCUT2D eigenvalue weighted by Crippen LogP contribution is -2.37. The summed E-state index contributed by atoms with van der Waals surface area (Å²) in [6.45, 7) is 8.33. The molecule has 2 amide bonds. The van der Waals surface area contributed by atoms with Gasteiger partial charge in [-0.3, -0.25) is 9.59 Å². The fraction of sp³-hybridized carbons (Fsp3) is 0.364. The van der Waals surface area contributed by atoms with Crippen LogP contribution in [0.1, 0.15) is 45.2 Å². The topological polar surface area (TPSA) is 49.4 Å². The number of hydrogen-bond donors (Lipinski definition) is 1. The van der Waals surface area contributed by atoms with Crippen LogP contribution < -0.4 is 10.2 Å². The van der Waals surface area contributed by atoms with E-state index in [9.17, 15) is 9.59 Å². The zero-order chi connectivity index (χ0) is 18.9. The van der Waals surface area contributed by atoms with Crippen LogP contribution in [0.4, 0.5) is 11.4 Å². The van der Waals surface area contributed by atoms with E-state index in [0.717, 1.165) is 28.9 Å². The molecule has 2 aromatic rings. The minimum atomic E-state index is -0.275. The van der Waals surface area contributed by atoms with Crippen molar-refractivity contribution >= 4 is 23.2 Å². The molecule has 1 aliphatic heterocycles. The minimum absolute atomic E-state index is 0.0783. The Balaban J connectivity index is 1.73. The summed E-state index contributed by atoms with van der Waals surface area (Å²) >= 11 is 0. The number of nitrogens with zero attached hydrogens (tertiary/aromatic N) is 1. The van der Waals surface area contributed by atoms with Crippen molar-refractivity contribution in [2.24, 2.45) is 0 Å². The zero-order valence-corrected chi connectivity index (χ0v) is 15.9. The molecule has 136 valence electrons. The molecule has 0 saturated carbocycles. The first kappa shape index (κ1) is 18.2. The highest BCUT2D eigenvalue weighted by molar-refractivity contribution is 6.10. The van der Waals surface area contributed by atoms with Gasteiger partial charge in [-0.1, -0.05) is 57.2 Å². The molecule has 1 heterocycles. The first-order valence-electron chi connectivity index (χ1n) is 9.06. The molecular weight excluding hydrogens is 324 g/mol. The van der Waals surface area contributed by atoms with Gasteiger partial charge in [0.25, 0.3) is 0 Å². The van der Waals surface area contributed by atoms with Gasteiger partial charge in [-0.15, -0.1) is 0 Å². The fourth-order valence-electron chi connectivity index (χ4n) is 3.61. The van der Waals surface area contributed by atoms with Crippen molar-refractivity contribution in [3.05, 3.63) is 59.7 Å². The molecule has 0 radical (unpaired) electrons. The van der Waals surface area contributed by atoms with Gasteiger partial charge in [0, 0.05) is 17.4 Å². The number of rotatable bonds is 3. The molecule has 1 atom stereocenters. The molecule has 4 heteroatoms. The second kappa shape index (κ2) is 6.94. The summed E-state index contributed by atoms with van der Waals surface area (Å²) in [5.41, 5.74) is 3.82. The molecule has 0 spiro atoms. The number of carbonyl (C=O) groups is 2. The summed E-state index contributed by atoms with van der Waals surface area (Å²) in [5, 5.41) is 2.92. The lowest BCUT2D eigenvalue weighted by molar-refractivity contribution is -0.125. The summed E-state index contributed by atoms with van der Waals surface area (Å²) < 4.78 is 0. The Morgan fingerprint density at radius 1 is 1.08 bits per heavy atom. The van der Waals surface area contributed by atoms with E-state index in [1.165, 1.54) is 0 Å². The largest absolute Gasteiger partial charge is 0.325 e. The summed E-state index contributed by atoms with van der Waals surface area (Å²) in [6.07, 6.45) is 0.674. The van der Waals surface area contributed by atoms with Gasteiger partial charge in [-0.05, 0) is 42.0 Å². The standard InChI is InChI=1S/C22H26N2O2/c1-15-13-16-9-5-8-12-19(16)24(15)21(26)14-20(25)23-18-11-7-6-10-17(18)22(2,3)4/h5-12,15H,13-14H2,1-4H3,(H,23,25). The molecule has 0 saturated heterocycles. The molecule has 4 nitrogen and oxygen atoms in total. The number of para-hydroxylation sites is 2. The van der Waals surface area contributed by atoms with Crippen molar-refractivity contribution in [3.63, 3.8) is 0 Å². The van der Waals surface area contributed by atoms with Crippen LogP contribution in [0.5, 0.6) is 0 Å². The van der Waals surface area contributed by atoms with Crippen LogP contribution in [-0.2, 0) is 21.4 Å². The smallest absolute Gasteiger partial charge is 0.236 e. The second-order valence-electron chi connectivity index (χ2n) is 7.97. The van der Waals surface area contributed by atoms with Crippen LogP contribution in [-0.4, -0.2) is 17.9 Å². The Labute approximate surface area is 155 Å². The molecule has 1 aliphatic rings. The highest BCUT2D eigenvalue weighted by Gasteiger charge is 2.31. The summed E-state index contributed by atoms with van der Waals surface area (Å²) in [5.74, 6) is -0.434. The molecule has 0 aliphatic carbocycles. The van der Waals surface area contributed by atoms with Crippen molar-refractivity contribution < 1.29 is 9.59 Å². The predicted molar refractivity (Wildman–Crippen MR) is 105 cm³/mol. The first-order chi connectivity index (χ1) is 12.3. The molecule has 2 aromatic carbocycles. The molecule has 0 aromatic heterocycles. The van der Waals surface area contributed by atoms with Gasteiger partial charge >= 0.3 is 0 Å². The average Bonchev–Trinajstić information content (AvgIpc) is 2.90. The lowest BCUT2D eigenvalue weighted by atomic mass is 9.86. The summed E-state index contributed by atoms with van der Waals surface area (Å²) in [7, 11) is 0. The van der Waals surface area contributed by atoms with E-state index in [1.807, 2.05) is 55.5 Å². The molecular formula is C22H26N2O2. The fourth-order valence-corrected chi connectivity index (χ4v) is 3.61. The number of nitrogens with one attached hydrogen (secondary N) is 1. The van der Waals surface area contributed by atoms with E-state index >= 15 is 0 Å². The molecule has 3 rings (SSSR count). The van der Waals surface area contributed by atoms with E-state index in [4.69, 9.17) is 0 Å². The monoisotopic (exact) mass is 350 g/mol. The Morgan fingerprint density at radius 2 is 1.73 bits per heavy atom. The quantitative estimate of drug-likeness (QED) is 0.840. The highest BCUT2D eigenvalue weighted by Crippen LogP contribution is 2.33. The Kier molecular flexibility index (Phi) is 4.86. The van der Waals surface area contributed by atoms with Crippen molar-refractivity contribution in [3.8, 4) is 0 Å². The number of fused-ring (bicyclic) bond motifs is 1. The third kappa shape index (κ3) is 3.64. The van der Waals surface area contributed by atoms with Gasteiger partial charge < -0.3 is 10.2 Å². The normalized spacial score (nSPS) is 16.3. The van der Waals surface area contributed by atoms with Crippen LogP contribution in [0.25, 0.3) is 0 Å². The zero-order valence-electron chi connectivity index (χ0n) is 15.9. The van der Waals surface area contributed by atoms with Gasteiger partial charge in [0.2, 0.25) is 11.8 Å². The number of hydrogen-bond acceptors (Lipinski definition) is 2. The highest BCUT2D eigenvalue weighted by atomic mass is 16.2. The van der Waals surface area contributed by atoms with Gasteiger partial charge in [0.1, 0.15) is 6.42 Å². The molecule has 0 bridgehead atoms. The van der Waals surface area contributed by atoms with Crippen LogP contribution in [0, 0.1) is 0 Å². The third-order valence-corrected chi connectivity index (χ3v) is 4.80. The van der Waals surface area contributed by atoms with Gasteiger partial charge in [0.15, 0.2) is 0 Å². The molecule has 26 heavy (non-hydrogen) atoms. The van der Waals surface area contributed by atoms with Gasteiger partial charge in [-0.2, -0.15) is 0 Å². The summed E-state index contributed by atoms with van der Waals surface area (Å²) in [4.78, 5) is 27.0. The maximum atomic E-state index is 12.8. The Hall–Kier alpha value is -2.62. The minimum Gasteiger partial charge on any atom is -0.325 e. The SMILES string of the molecule is CC1Cc2ccccc2N1C(=O)CC(=O)Nc1ccccc1C(C)(C)C. The van der Waals surface area contributed by atoms with Crippen LogP contribution in [0.2, 0.25) is 0 Å². The van der Waals surface area contributed by atoms with Crippen molar-refractivity contribution in [2.45, 2.75) is 52.0 Å². The average molecular weight is 350 g/mol. The van der Waals surface area contributed by atoms with Crippen molar-refractivity contribution in [1.82, 2.24) is 0 Å². The number of amides is 2. The van der Waals surface area contributed by atoms with E-state index in [2.05, 4.69) is 26.1 Å². The van der Waals surface area contributed by atoms with Crippen LogP contribution in [0.3, 0.4) is 0 Å². The van der Waals surface area contributed by atoms with E-state index in [-0.39, 0.29) is 29.7 Å². The van der Waals surface area contributed by atoms with Crippen LogP contribution in [0.15, 0.2) is 48.5 Å². The molecule has 1 N–H and O–H groups in total. The van der Waals surface area contributed by atoms with Crippen molar-refractivity contribution in [2.75, 3.05) is 10.2 Å². The first-order valence-corrected chi connectivity index (χ1v) is 9.06. The molecule has 1 unspecified atom stereocenters. The van der Waals surface area contributed by atoms with E-state index in [0.29, 0.717) is 0 Å². The number of carbonyl (C=O) groups excluding carboxylic acids is 2. The predicted octanol–water partition coefficient (Wildman–Crippen LogP) is 4.29. The van der Waals surface area contributed by atoms with E-state index < -0.39 is 0 Å². The van der Waals surface area contributed by atoms with Crippen LogP contribution >= 0.6 is 0 Å². The van der Waals surface area contributed by atoms with Crippen molar-refractivity contribution in [1.29, 1.82) is 0 Å². The Bertz CT molecular complexity index is 836. The lowest BCUT2D eigenvalue weighted by Gasteiger charge is -2.24. The second-order valence-corrected chi connectivity index (χ2v) is 7.97. The summed E-state index contributed by atoms with van der Waals surface area (Å²) in [6, 6.07) is 15.7. The Morgan fingerprint density at radius 3 is 2.46 bits per heavy atom. The maximum Gasteiger partial charge on any atom is 0.236 e. The molecule has 0 fully saturated rings. The number of anilines is 2. The van der Waals surface area contributed by atoms with Gasteiger partial charge in [-0.25, -0.2) is 0 Å².